The summed E-state index contributed by atoms with van der Waals surface area (Å²) in [5.41, 5.74) is 3.57. The summed E-state index contributed by atoms with van der Waals surface area (Å²) in [6.07, 6.45) is 3.33. The van der Waals surface area contributed by atoms with Gasteiger partial charge in [0, 0.05) is 18.8 Å². The fourth-order valence-electron chi connectivity index (χ4n) is 1.81. The Hall–Kier alpha value is -1.90. The minimum Gasteiger partial charge on any atom is -0.288 e. The summed E-state index contributed by atoms with van der Waals surface area (Å²) in [4.78, 5) is 12.1. The van der Waals surface area contributed by atoms with Crippen molar-refractivity contribution < 1.29 is 4.79 Å². The Bertz CT molecular complexity index is 520. The molecule has 0 aliphatic heterocycles. The molecule has 1 heterocycles. The Kier molecular flexibility index (Phi) is 2.60. The topological polar surface area (TPSA) is 34.9 Å². The van der Waals surface area contributed by atoms with Crippen molar-refractivity contribution >= 4 is 5.78 Å². The van der Waals surface area contributed by atoms with Gasteiger partial charge < -0.3 is 0 Å². The van der Waals surface area contributed by atoms with Crippen molar-refractivity contribution in [1.82, 2.24) is 9.78 Å². The van der Waals surface area contributed by atoms with Crippen LogP contribution in [0.1, 0.15) is 27.0 Å². The molecule has 0 aliphatic carbocycles. The van der Waals surface area contributed by atoms with Crippen LogP contribution >= 0.6 is 0 Å². The minimum atomic E-state index is 0.0277. The number of aryl methyl sites for hydroxylation is 3. The highest BCUT2D eigenvalue weighted by Gasteiger charge is 2.11. The van der Waals surface area contributed by atoms with Crippen LogP contribution in [0.2, 0.25) is 0 Å². The quantitative estimate of drug-likeness (QED) is 0.719. The number of ketones is 1. The zero-order valence-corrected chi connectivity index (χ0v) is 9.69. The van der Waals surface area contributed by atoms with Crippen LogP contribution in [-0.2, 0) is 7.05 Å². The number of benzene rings is 1. The van der Waals surface area contributed by atoms with Crippen molar-refractivity contribution in [3.63, 3.8) is 0 Å². The molecule has 82 valence electrons. The second kappa shape index (κ2) is 3.93. The second-order valence-electron chi connectivity index (χ2n) is 4.11. The lowest BCUT2D eigenvalue weighted by atomic mass is 10.0. The highest BCUT2D eigenvalue weighted by Crippen LogP contribution is 2.13. The van der Waals surface area contributed by atoms with Crippen LogP contribution in [0, 0.1) is 13.8 Å². The number of hydrogen-bond acceptors (Lipinski definition) is 2. The first kappa shape index (κ1) is 10.6. The summed E-state index contributed by atoms with van der Waals surface area (Å²) in [6.45, 7) is 3.99. The Morgan fingerprint density at radius 3 is 2.25 bits per heavy atom. The van der Waals surface area contributed by atoms with Gasteiger partial charge in [-0.25, -0.2) is 0 Å². The molecule has 0 radical (unpaired) electrons. The normalized spacial score (nSPS) is 10.4. The summed E-state index contributed by atoms with van der Waals surface area (Å²) >= 11 is 0. The fourth-order valence-corrected chi connectivity index (χ4v) is 1.81. The highest BCUT2D eigenvalue weighted by molar-refractivity contribution is 6.08. The van der Waals surface area contributed by atoms with Gasteiger partial charge in [-0.1, -0.05) is 17.2 Å². The molecule has 16 heavy (non-hydrogen) atoms. The van der Waals surface area contributed by atoms with Crippen molar-refractivity contribution in [2.75, 3.05) is 0 Å². The van der Waals surface area contributed by atoms with Crippen molar-refractivity contribution in [3.8, 4) is 0 Å². The molecule has 2 rings (SSSR count). The van der Waals surface area contributed by atoms with Crippen molar-refractivity contribution in [3.05, 3.63) is 52.8 Å². The van der Waals surface area contributed by atoms with Crippen LogP contribution in [-0.4, -0.2) is 15.6 Å². The highest BCUT2D eigenvalue weighted by atomic mass is 16.1. The van der Waals surface area contributed by atoms with E-state index in [0.29, 0.717) is 5.56 Å². The SMILES string of the molecule is Cc1cc(C)cc(C(=O)c2cnn(C)c2)c1. The van der Waals surface area contributed by atoms with Gasteiger partial charge in [-0.3, -0.25) is 9.48 Å². The average Bonchev–Trinajstić information content (AvgIpc) is 2.62. The van der Waals surface area contributed by atoms with E-state index in [9.17, 15) is 4.79 Å². The molecule has 1 aromatic carbocycles. The van der Waals surface area contributed by atoms with Gasteiger partial charge in [0.05, 0.1) is 11.8 Å². The van der Waals surface area contributed by atoms with Gasteiger partial charge in [-0.2, -0.15) is 5.10 Å². The van der Waals surface area contributed by atoms with E-state index in [-0.39, 0.29) is 5.78 Å². The Labute approximate surface area is 94.7 Å². The minimum absolute atomic E-state index is 0.0277. The zero-order chi connectivity index (χ0) is 11.7. The third-order valence-corrected chi connectivity index (χ3v) is 2.45. The summed E-state index contributed by atoms with van der Waals surface area (Å²) in [5.74, 6) is 0.0277. The van der Waals surface area contributed by atoms with Gasteiger partial charge in [-0.05, 0) is 26.0 Å². The van der Waals surface area contributed by atoms with Gasteiger partial charge in [-0.15, -0.1) is 0 Å². The lowest BCUT2D eigenvalue weighted by molar-refractivity contribution is 0.103. The van der Waals surface area contributed by atoms with Crippen LogP contribution < -0.4 is 0 Å². The standard InChI is InChI=1S/C13H14N2O/c1-9-4-10(2)6-11(5-9)13(16)12-7-14-15(3)8-12/h4-8H,1-3H3. The fraction of sp³-hybridized carbons (Fsp3) is 0.231. The average molecular weight is 214 g/mol. The molecule has 3 heteroatoms. The molecule has 0 bridgehead atoms. The molecule has 0 saturated heterocycles. The van der Waals surface area contributed by atoms with Crippen LogP contribution in [0.4, 0.5) is 0 Å². The molecule has 2 aromatic rings. The van der Waals surface area contributed by atoms with Crippen LogP contribution in [0.25, 0.3) is 0 Å². The van der Waals surface area contributed by atoms with E-state index in [2.05, 4.69) is 11.2 Å². The maximum atomic E-state index is 12.1. The maximum Gasteiger partial charge on any atom is 0.196 e. The van der Waals surface area contributed by atoms with Crippen LogP contribution in [0.15, 0.2) is 30.6 Å². The molecule has 0 fully saturated rings. The third-order valence-electron chi connectivity index (χ3n) is 2.45. The third kappa shape index (κ3) is 2.03. The summed E-state index contributed by atoms with van der Waals surface area (Å²) in [5, 5.41) is 4.00. The molecule has 0 unspecified atom stereocenters. The molecular weight excluding hydrogens is 200 g/mol. The first-order valence-corrected chi connectivity index (χ1v) is 5.18. The summed E-state index contributed by atoms with van der Waals surface area (Å²) < 4.78 is 1.63. The van der Waals surface area contributed by atoms with E-state index in [1.54, 1.807) is 24.1 Å². The van der Waals surface area contributed by atoms with Crippen LogP contribution in [0.3, 0.4) is 0 Å². The van der Waals surface area contributed by atoms with E-state index < -0.39 is 0 Å². The predicted molar refractivity (Wildman–Crippen MR) is 62.6 cm³/mol. The number of aromatic nitrogens is 2. The maximum absolute atomic E-state index is 12.1. The number of nitrogens with zero attached hydrogens (tertiary/aromatic N) is 2. The van der Waals surface area contributed by atoms with Crippen molar-refractivity contribution in [2.45, 2.75) is 13.8 Å². The van der Waals surface area contributed by atoms with Crippen LogP contribution in [0.5, 0.6) is 0 Å². The molecule has 0 aliphatic rings. The molecule has 0 atom stereocenters. The zero-order valence-electron chi connectivity index (χ0n) is 9.69. The number of carbonyl (C=O) groups is 1. The summed E-state index contributed by atoms with van der Waals surface area (Å²) in [7, 11) is 1.80. The molecule has 0 amide bonds. The number of rotatable bonds is 2. The molecule has 0 saturated carbocycles. The number of carbonyl (C=O) groups excluding carboxylic acids is 1. The molecule has 1 aromatic heterocycles. The van der Waals surface area contributed by atoms with Gasteiger partial charge in [0.25, 0.3) is 0 Å². The van der Waals surface area contributed by atoms with E-state index >= 15 is 0 Å². The molecule has 0 N–H and O–H groups in total. The van der Waals surface area contributed by atoms with E-state index in [1.165, 1.54) is 0 Å². The van der Waals surface area contributed by atoms with E-state index in [4.69, 9.17) is 0 Å². The first-order valence-electron chi connectivity index (χ1n) is 5.18. The molecular formula is C13H14N2O. The summed E-state index contributed by atoms with van der Waals surface area (Å²) in [6, 6.07) is 5.87. The monoisotopic (exact) mass is 214 g/mol. The smallest absolute Gasteiger partial charge is 0.196 e. The second-order valence-corrected chi connectivity index (χ2v) is 4.11. The van der Waals surface area contributed by atoms with Gasteiger partial charge in [0.1, 0.15) is 0 Å². The van der Waals surface area contributed by atoms with E-state index in [1.807, 2.05) is 26.0 Å². The van der Waals surface area contributed by atoms with E-state index in [0.717, 1.165) is 16.7 Å². The Balaban J connectivity index is 2.41. The Morgan fingerprint density at radius 2 is 1.75 bits per heavy atom. The first-order chi connectivity index (χ1) is 7.56. The number of hydrogen-bond donors (Lipinski definition) is 0. The van der Waals surface area contributed by atoms with Gasteiger partial charge in [0.2, 0.25) is 0 Å². The largest absolute Gasteiger partial charge is 0.288 e. The van der Waals surface area contributed by atoms with Gasteiger partial charge >= 0.3 is 0 Å². The molecule has 3 nitrogen and oxygen atoms in total. The lowest BCUT2D eigenvalue weighted by Crippen LogP contribution is -2.01. The Morgan fingerprint density at radius 1 is 1.12 bits per heavy atom. The van der Waals surface area contributed by atoms with Gasteiger partial charge in [0.15, 0.2) is 5.78 Å². The predicted octanol–water partition coefficient (Wildman–Crippen LogP) is 2.27. The van der Waals surface area contributed by atoms with Crippen molar-refractivity contribution in [1.29, 1.82) is 0 Å². The molecule has 0 spiro atoms. The lowest BCUT2D eigenvalue weighted by Gasteiger charge is -2.02. The van der Waals surface area contributed by atoms with Crippen molar-refractivity contribution in [2.24, 2.45) is 7.05 Å².